The summed E-state index contributed by atoms with van der Waals surface area (Å²) in [6, 6.07) is 3.93. The van der Waals surface area contributed by atoms with Gasteiger partial charge < -0.3 is 16.3 Å². The summed E-state index contributed by atoms with van der Waals surface area (Å²) < 4.78 is 0. The van der Waals surface area contributed by atoms with Gasteiger partial charge in [-0.05, 0) is 24.3 Å². The number of hydrogen-bond acceptors (Lipinski definition) is 4. The molecule has 0 saturated carbocycles. The van der Waals surface area contributed by atoms with Crippen molar-refractivity contribution in [2.45, 2.75) is 32.7 Å². The molecule has 2 unspecified atom stereocenters. The normalized spacial score (nSPS) is 15.1. The highest BCUT2D eigenvalue weighted by Crippen LogP contribution is 2.22. The third kappa shape index (κ3) is 3.46. The zero-order valence-electron chi connectivity index (χ0n) is 10.6. The van der Waals surface area contributed by atoms with Gasteiger partial charge in [0.15, 0.2) is 5.84 Å². The van der Waals surface area contributed by atoms with E-state index in [4.69, 9.17) is 10.9 Å². The zero-order chi connectivity index (χ0) is 13.5. The van der Waals surface area contributed by atoms with E-state index in [-0.39, 0.29) is 17.8 Å². The van der Waals surface area contributed by atoms with Crippen molar-refractivity contribution in [1.29, 1.82) is 0 Å². The van der Waals surface area contributed by atoms with Gasteiger partial charge in [-0.15, -0.1) is 11.3 Å². The van der Waals surface area contributed by atoms with E-state index >= 15 is 0 Å². The summed E-state index contributed by atoms with van der Waals surface area (Å²) in [5, 5.41) is 16.5. The van der Waals surface area contributed by atoms with Crippen LogP contribution in [0.4, 0.5) is 0 Å². The van der Waals surface area contributed by atoms with Gasteiger partial charge in [-0.25, -0.2) is 0 Å². The standard InChI is InChI=1S/C12H19N3O2S/c1-3-8(11(13)15-17)12(16)14-9(4-2)10-6-5-7-18-10/h5-9,17H,3-4H2,1-2H3,(H2,13,15)(H,14,16). The van der Waals surface area contributed by atoms with E-state index in [1.807, 2.05) is 31.4 Å². The van der Waals surface area contributed by atoms with Gasteiger partial charge in [0.05, 0.1) is 12.0 Å². The van der Waals surface area contributed by atoms with Gasteiger partial charge in [-0.3, -0.25) is 4.79 Å². The molecule has 100 valence electrons. The molecule has 5 nitrogen and oxygen atoms in total. The molecule has 1 aromatic heterocycles. The van der Waals surface area contributed by atoms with Gasteiger partial charge in [0.2, 0.25) is 5.91 Å². The lowest BCUT2D eigenvalue weighted by Gasteiger charge is -2.19. The van der Waals surface area contributed by atoms with Gasteiger partial charge in [0.25, 0.3) is 0 Å². The van der Waals surface area contributed by atoms with Crippen molar-refractivity contribution >= 4 is 23.1 Å². The number of amides is 1. The fourth-order valence-corrected chi connectivity index (χ4v) is 2.60. The van der Waals surface area contributed by atoms with Crippen molar-refractivity contribution in [2.24, 2.45) is 16.8 Å². The molecule has 0 radical (unpaired) electrons. The molecular formula is C12H19N3O2S. The van der Waals surface area contributed by atoms with Crippen molar-refractivity contribution in [3.63, 3.8) is 0 Å². The monoisotopic (exact) mass is 269 g/mol. The van der Waals surface area contributed by atoms with E-state index in [9.17, 15) is 4.79 Å². The molecule has 1 rings (SSSR count). The number of carbonyl (C=O) groups is 1. The molecule has 1 amide bonds. The Labute approximate surface area is 111 Å². The van der Waals surface area contributed by atoms with Crippen LogP contribution in [-0.2, 0) is 4.79 Å². The fourth-order valence-electron chi connectivity index (χ4n) is 1.73. The zero-order valence-corrected chi connectivity index (χ0v) is 11.4. The lowest BCUT2D eigenvalue weighted by molar-refractivity contribution is -0.123. The summed E-state index contributed by atoms with van der Waals surface area (Å²) in [6.45, 7) is 3.84. The second kappa shape index (κ2) is 7.00. The van der Waals surface area contributed by atoms with E-state index in [2.05, 4.69) is 10.5 Å². The second-order valence-corrected chi connectivity index (χ2v) is 4.95. The number of nitrogens with two attached hydrogens (primary N) is 1. The summed E-state index contributed by atoms with van der Waals surface area (Å²) >= 11 is 1.61. The average molecular weight is 269 g/mol. The molecule has 0 fully saturated rings. The molecule has 0 aliphatic rings. The van der Waals surface area contributed by atoms with E-state index in [0.717, 1.165) is 11.3 Å². The molecular weight excluding hydrogens is 250 g/mol. The molecule has 0 saturated heterocycles. The minimum absolute atomic E-state index is 0.0157. The third-order valence-corrected chi connectivity index (χ3v) is 3.79. The first kappa shape index (κ1) is 14.5. The number of nitrogens with one attached hydrogen (secondary N) is 1. The average Bonchev–Trinajstić information content (AvgIpc) is 2.90. The predicted molar refractivity (Wildman–Crippen MR) is 72.7 cm³/mol. The van der Waals surface area contributed by atoms with E-state index < -0.39 is 5.92 Å². The molecule has 4 N–H and O–H groups in total. The van der Waals surface area contributed by atoms with E-state index in [1.165, 1.54) is 0 Å². The Hall–Kier alpha value is -1.56. The number of hydrogen-bond donors (Lipinski definition) is 3. The van der Waals surface area contributed by atoms with Crippen LogP contribution in [0.1, 0.15) is 37.6 Å². The Morgan fingerprint density at radius 1 is 1.56 bits per heavy atom. The van der Waals surface area contributed by atoms with Crippen LogP contribution in [0.25, 0.3) is 0 Å². The molecule has 0 aliphatic heterocycles. The fraction of sp³-hybridized carbons (Fsp3) is 0.500. The molecule has 0 aliphatic carbocycles. The number of oxime groups is 1. The first-order valence-electron chi connectivity index (χ1n) is 5.95. The third-order valence-electron chi connectivity index (χ3n) is 2.81. The minimum Gasteiger partial charge on any atom is -0.409 e. The SMILES string of the molecule is CCC(C(=O)NC(CC)c1cccs1)C(N)=NO. The van der Waals surface area contributed by atoms with Crippen LogP contribution in [0.15, 0.2) is 22.7 Å². The van der Waals surface area contributed by atoms with Crippen LogP contribution in [0.3, 0.4) is 0 Å². The van der Waals surface area contributed by atoms with E-state index in [0.29, 0.717) is 6.42 Å². The largest absolute Gasteiger partial charge is 0.409 e. The highest BCUT2D eigenvalue weighted by Gasteiger charge is 2.24. The summed E-state index contributed by atoms with van der Waals surface area (Å²) in [5.41, 5.74) is 5.51. The number of thiophene rings is 1. The predicted octanol–water partition coefficient (Wildman–Crippen LogP) is 2.09. The van der Waals surface area contributed by atoms with Gasteiger partial charge in [0.1, 0.15) is 0 Å². The number of rotatable bonds is 6. The van der Waals surface area contributed by atoms with E-state index in [1.54, 1.807) is 11.3 Å². The molecule has 1 aromatic rings. The maximum absolute atomic E-state index is 12.1. The highest BCUT2D eigenvalue weighted by atomic mass is 32.1. The summed E-state index contributed by atoms with van der Waals surface area (Å²) in [6.07, 6.45) is 1.31. The summed E-state index contributed by atoms with van der Waals surface area (Å²) in [4.78, 5) is 13.2. The van der Waals surface area contributed by atoms with Gasteiger partial charge in [-0.1, -0.05) is 25.1 Å². The number of carbonyl (C=O) groups excluding carboxylic acids is 1. The van der Waals surface area contributed by atoms with Crippen LogP contribution in [0.5, 0.6) is 0 Å². The van der Waals surface area contributed by atoms with Crippen LogP contribution < -0.4 is 11.1 Å². The Balaban J connectivity index is 2.73. The molecule has 1 heterocycles. The Morgan fingerprint density at radius 3 is 2.72 bits per heavy atom. The van der Waals surface area contributed by atoms with Gasteiger partial charge in [-0.2, -0.15) is 0 Å². The molecule has 2 atom stereocenters. The topological polar surface area (TPSA) is 87.7 Å². The molecule has 0 bridgehead atoms. The second-order valence-electron chi connectivity index (χ2n) is 3.97. The minimum atomic E-state index is -0.580. The maximum atomic E-state index is 12.1. The molecule has 0 aromatic carbocycles. The lowest BCUT2D eigenvalue weighted by Crippen LogP contribution is -2.40. The van der Waals surface area contributed by atoms with Crippen molar-refractivity contribution < 1.29 is 10.0 Å². The van der Waals surface area contributed by atoms with Crippen LogP contribution >= 0.6 is 11.3 Å². The lowest BCUT2D eigenvalue weighted by atomic mass is 10.0. The number of nitrogens with zero attached hydrogens (tertiary/aromatic N) is 1. The maximum Gasteiger partial charge on any atom is 0.231 e. The van der Waals surface area contributed by atoms with Crippen molar-refractivity contribution in [1.82, 2.24) is 5.32 Å². The number of amidine groups is 1. The Morgan fingerprint density at radius 2 is 2.28 bits per heavy atom. The first-order chi connectivity index (χ1) is 8.63. The Bertz CT molecular complexity index is 403. The smallest absolute Gasteiger partial charge is 0.231 e. The first-order valence-corrected chi connectivity index (χ1v) is 6.83. The highest BCUT2D eigenvalue weighted by molar-refractivity contribution is 7.10. The van der Waals surface area contributed by atoms with Gasteiger partial charge >= 0.3 is 0 Å². The molecule has 18 heavy (non-hydrogen) atoms. The summed E-state index contributed by atoms with van der Waals surface area (Å²) in [7, 11) is 0. The van der Waals surface area contributed by atoms with Crippen LogP contribution in [0.2, 0.25) is 0 Å². The molecule has 0 spiro atoms. The molecule has 6 heteroatoms. The van der Waals surface area contributed by atoms with Crippen molar-refractivity contribution in [3.8, 4) is 0 Å². The summed E-state index contributed by atoms with van der Waals surface area (Å²) in [5.74, 6) is -0.826. The van der Waals surface area contributed by atoms with Crippen molar-refractivity contribution in [2.75, 3.05) is 0 Å². The van der Waals surface area contributed by atoms with Crippen molar-refractivity contribution in [3.05, 3.63) is 22.4 Å². The quantitative estimate of drug-likeness (QED) is 0.320. The van der Waals surface area contributed by atoms with Gasteiger partial charge in [0, 0.05) is 4.88 Å². The Kier molecular flexibility index (Phi) is 5.64. The van der Waals surface area contributed by atoms with Crippen LogP contribution in [-0.4, -0.2) is 17.0 Å². The van der Waals surface area contributed by atoms with Crippen LogP contribution in [0, 0.1) is 5.92 Å².